The molecule has 3 heteroatoms. The number of pyridine rings is 1. The minimum atomic E-state index is 0.692. The first-order chi connectivity index (χ1) is 8.29. The number of nitrogens with zero attached hydrogens (tertiary/aromatic N) is 1. The maximum Gasteiger partial charge on any atom is 0.118 e. The monoisotopic (exact) mass is 245 g/mol. The van der Waals surface area contributed by atoms with Crippen molar-refractivity contribution in [1.82, 2.24) is 4.98 Å². The highest BCUT2D eigenvalue weighted by Crippen LogP contribution is 2.22. The lowest BCUT2D eigenvalue weighted by Crippen LogP contribution is -1.82. The first kappa shape index (κ1) is 11.7. The van der Waals surface area contributed by atoms with E-state index >= 15 is 0 Å². The normalized spacial score (nSPS) is 11.3. The van der Waals surface area contributed by atoms with Crippen LogP contribution in [0.15, 0.2) is 48.8 Å². The van der Waals surface area contributed by atoms with Gasteiger partial charge in [-0.05, 0) is 41.5 Å². The summed E-state index contributed by atoms with van der Waals surface area (Å²) in [6.07, 6.45) is 5.36. The lowest BCUT2D eigenvalue weighted by atomic mass is 10.1. The van der Waals surface area contributed by atoms with Crippen molar-refractivity contribution < 1.29 is 4.74 Å². The summed E-state index contributed by atoms with van der Waals surface area (Å²) in [6, 6.07) is 11.5. The van der Waals surface area contributed by atoms with Gasteiger partial charge in [0.1, 0.15) is 5.75 Å². The van der Waals surface area contributed by atoms with Gasteiger partial charge < -0.3 is 4.74 Å². The summed E-state index contributed by atoms with van der Waals surface area (Å²) in [5, 5.41) is 0.692. The molecule has 2 aromatic rings. The number of halogens is 1. The lowest BCUT2D eigenvalue weighted by molar-refractivity contribution is 0.415. The largest absolute Gasteiger partial charge is 0.497 e. The zero-order valence-corrected chi connectivity index (χ0v) is 10.2. The number of hydrogen-bond donors (Lipinski definition) is 0. The van der Waals surface area contributed by atoms with Gasteiger partial charge in [0.2, 0.25) is 0 Å². The predicted molar refractivity (Wildman–Crippen MR) is 71.0 cm³/mol. The van der Waals surface area contributed by atoms with Crippen molar-refractivity contribution in [3.8, 4) is 5.75 Å². The van der Waals surface area contributed by atoms with Gasteiger partial charge >= 0.3 is 0 Å². The number of methoxy groups -OCH3 is 1. The molecular weight excluding hydrogens is 234 g/mol. The van der Waals surface area contributed by atoms with Gasteiger partial charge in [-0.25, -0.2) is 0 Å². The van der Waals surface area contributed by atoms with Gasteiger partial charge in [0.15, 0.2) is 0 Å². The first-order valence-corrected chi connectivity index (χ1v) is 5.59. The molecule has 0 fully saturated rings. The van der Waals surface area contributed by atoms with E-state index in [0.29, 0.717) is 5.03 Å². The number of benzene rings is 1. The second kappa shape index (κ2) is 5.51. The van der Waals surface area contributed by atoms with Crippen molar-refractivity contribution in [2.24, 2.45) is 0 Å². The molecule has 0 saturated carbocycles. The van der Waals surface area contributed by atoms with E-state index in [9.17, 15) is 0 Å². The Bertz CT molecular complexity index is 506. The second-order valence-corrected chi connectivity index (χ2v) is 3.91. The fourth-order valence-electron chi connectivity index (χ4n) is 1.44. The van der Waals surface area contributed by atoms with Gasteiger partial charge in [-0.2, -0.15) is 0 Å². The van der Waals surface area contributed by atoms with Crippen molar-refractivity contribution in [3.63, 3.8) is 0 Å². The van der Waals surface area contributed by atoms with Crippen LogP contribution in [0.25, 0.3) is 11.1 Å². The fourth-order valence-corrected chi connectivity index (χ4v) is 1.69. The molecule has 17 heavy (non-hydrogen) atoms. The van der Waals surface area contributed by atoms with E-state index in [2.05, 4.69) is 4.98 Å². The summed E-state index contributed by atoms with van der Waals surface area (Å²) in [5.74, 6) is 0.835. The Balaban J connectivity index is 2.23. The van der Waals surface area contributed by atoms with Gasteiger partial charge in [0, 0.05) is 17.4 Å². The maximum atomic E-state index is 6.22. The van der Waals surface area contributed by atoms with Crippen molar-refractivity contribution in [2.75, 3.05) is 7.11 Å². The SMILES string of the molecule is COc1ccc(/C=C(\Cl)c2ccncc2)cc1. The summed E-state index contributed by atoms with van der Waals surface area (Å²) in [5.41, 5.74) is 1.99. The molecule has 2 rings (SSSR count). The third-order valence-corrected chi connectivity index (χ3v) is 2.69. The molecule has 86 valence electrons. The Morgan fingerprint density at radius 1 is 1.12 bits per heavy atom. The van der Waals surface area contributed by atoms with Crippen LogP contribution in [0.5, 0.6) is 5.75 Å². The Morgan fingerprint density at radius 3 is 2.35 bits per heavy atom. The molecule has 0 unspecified atom stereocenters. The molecule has 0 saturated heterocycles. The molecule has 1 heterocycles. The standard InChI is InChI=1S/C14H12ClNO/c1-17-13-4-2-11(3-5-13)10-14(15)12-6-8-16-9-7-12/h2-10H,1H3/b14-10-. The van der Waals surface area contributed by atoms with Crippen molar-refractivity contribution in [1.29, 1.82) is 0 Å². The molecule has 0 bridgehead atoms. The summed E-state index contributed by atoms with van der Waals surface area (Å²) in [6.45, 7) is 0. The molecule has 1 aromatic heterocycles. The molecule has 0 radical (unpaired) electrons. The quantitative estimate of drug-likeness (QED) is 0.820. The highest BCUT2D eigenvalue weighted by Gasteiger charge is 1.98. The van der Waals surface area contributed by atoms with Gasteiger partial charge in [0.05, 0.1) is 7.11 Å². The highest BCUT2D eigenvalue weighted by molar-refractivity contribution is 6.51. The Labute approximate surface area is 106 Å². The molecule has 0 amide bonds. The van der Waals surface area contributed by atoms with Crippen molar-refractivity contribution in [2.45, 2.75) is 0 Å². The van der Waals surface area contributed by atoms with Crippen LogP contribution in [0.3, 0.4) is 0 Å². The number of aromatic nitrogens is 1. The van der Waals surface area contributed by atoms with Crippen LogP contribution in [0.1, 0.15) is 11.1 Å². The predicted octanol–water partition coefficient (Wildman–Crippen LogP) is 3.83. The van der Waals surface area contributed by atoms with Crippen molar-refractivity contribution >= 4 is 22.7 Å². The van der Waals surface area contributed by atoms with Crippen LogP contribution in [0.4, 0.5) is 0 Å². The molecule has 0 aliphatic heterocycles. The van der Waals surface area contributed by atoms with Crippen LogP contribution >= 0.6 is 11.6 Å². The van der Waals surface area contributed by atoms with Crippen LogP contribution < -0.4 is 4.74 Å². The van der Waals surface area contributed by atoms with E-state index in [1.165, 1.54) is 0 Å². The van der Waals surface area contributed by atoms with Crippen LogP contribution in [0.2, 0.25) is 0 Å². The van der Waals surface area contributed by atoms with Gasteiger partial charge in [-0.3, -0.25) is 4.98 Å². The smallest absolute Gasteiger partial charge is 0.118 e. The molecule has 2 nitrogen and oxygen atoms in total. The number of rotatable bonds is 3. The third-order valence-electron chi connectivity index (χ3n) is 2.37. The number of ether oxygens (including phenoxy) is 1. The van der Waals surface area contributed by atoms with Crippen LogP contribution in [-0.4, -0.2) is 12.1 Å². The van der Waals surface area contributed by atoms with Crippen LogP contribution in [0, 0.1) is 0 Å². The second-order valence-electron chi connectivity index (χ2n) is 3.50. The Kier molecular flexibility index (Phi) is 3.78. The highest BCUT2D eigenvalue weighted by atomic mass is 35.5. The lowest BCUT2D eigenvalue weighted by Gasteiger charge is -2.01. The zero-order valence-electron chi connectivity index (χ0n) is 9.43. The average molecular weight is 246 g/mol. The molecule has 0 aliphatic rings. The minimum Gasteiger partial charge on any atom is -0.497 e. The van der Waals surface area contributed by atoms with E-state index in [1.54, 1.807) is 19.5 Å². The van der Waals surface area contributed by atoms with Gasteiger partial charge in [0.25, 0.3) is 0 Å². The van der Waals surface area contributed by atoms with Crippen LogP contribution in [-0.2, 0) is 0 Å². The summed E-state index contributed by atoms with van der Waals surface area (Å²) >= 11 is 6.22. The summed E-state index contributed by atoms with van der Waals surface area (Å²) in [4.78, 5) is 3.96. The van der Waals surface area contributed by atoms with Crippen molar-refractivity contribution in [3.05, 3.63) is 59.9 Å². The Morgan fingerprint density at radius 2 is 1.76 bits per heavy atom. The van der Waals surface area contributed by atoms with Gasteiger partial charge in [-0.1, -0.05) is 23.7 Å². The molecule has 0 atom stereocenters. The van der Waals surface area contributed by atoms with E-state index < -0.39 is 0 Å². The summed E-state index contributed by atoms with van der Waals surface area (Å²) < 4.78 is 5.10. The average Bonchev–Trinajstić information content (AvgIpc) is 2.40. The topological polar surface area (TPSA) is 22.1 Å². The minimum absolute atomic E-state index is 0.692. The van der Waals surface area contributed by atoms with E-state index in [0.717, 1.165) is 16.9 Å². The first-order valence-electron chi connectivity index (χ1n) is 5.21. The molecule has 0 aliphatic carbocycles. The molecule has 0 spiro atoms. The molecule has 1 aromatic carbocycles. The van der Waals surface area contributed by atoms with E-state index in [1.807, 2.05) is 42.5 Å². The number of hydrogen-bond acceptors (Lipinski definition) is 2. The van der Waals surface area contributed by atoms with E-state index in [-0.39, 0.29) is 0 Å². The third kappa shape index (κ3) is 3.08. The molecule has 0 N–H and O–H groups in total. The zero-order chi connectivity index (χ0) is 12.1. The Hall–Kier alpha value is -1.80. The fraction of sp³-hybridized carbons (Fsp3) is 0.0714. The van der Waals surface area contributed by atoms with Gasteiger partial charge in [-0.15, -0.1) is 0 Å². The molecular formula is C14H12ClNO. The van der Waals surface area contributed by atoms with E-state index in [4.69, 9.17) is 16.3 Å². The maximum absolute atomic E-state index is 6.22. The summed E-state index contributed by atoms with van der Waals surface area (Å²) in [7, 11) is 1.65.